The quantitative estimate of drug-likeness (QED) is 0.260. The van der Waals surface area contributed by atoms with Gasteiger partial charge in [-0.3, -0.25) is 14.4 Å². The molecular formula is C15H27N3O6S2. The first-order chi connectivity index (χ1) is 12.2. The summed E-state index contributed by atoms with van der Waals surface area (Å²) < 4.78 is 0. The van der Waals surface area contributed by atoms with Crippen molar-refractivity contribution in [2.45, 2.75) is 43.8 Å². The van der Waals surface area contributed by atoms with Crippen LogP contribution in [-0.2, 0) is 19.2 Å². The lowest BCUT2D eigenvalue weighted by Gasteiger charge is -2.22. The zero-order valence-electron chi connectivity index (χ0n) is 14.9. The van der Waals surface area contributed by atoms with Crippen LogP contribution in [0.25, 0.3) is 0 Å². The molecule has 0 heterocycles. The number of nitrogens with one attached hydrogen (secondary N) is 2. The van der Waals surface area contributed by atoms with Gasteiger partial charge in [-0.25, -0.2) is 4.79 Å². The van der Waals surface area contributed by atoms with E-state index in [0.717, 1.165) is 0 Å². The highest BCUT2D eigenvalue weighted by molar-refractivity contribution is 7.98. The van der Waals surface area contributed by atoms with Crippen molar-refractivity contribution in [2.75, 3.05) is 24.0 Å². The molecule has 0 aliphatic rings. The molecule has 0 aromatic rings. The molecule has 0 aromatic carbocycles. The number of amides is 2. The highest BCUT2D eigenvalue weighted by Gasteiger charge is 2.28. The van der Waals surface area contributed by atoms with Gasteiger partial charge in [0.15, 0.2) is 0 Å². The molecule has 6 N–H and O–H groups in total. The van der Waals surface area contributed by atoms with Crippen LogP contribution in [0.1, 0.15) is 25.7 Å². The van der Waals surface area contributed by atoms with Crippen LogP contribution in [0.5, 0.6) is 0 Å². The molecule has 150 valence electrons. The van der Waals surface area contributed by atoms with Gasteiger partial charge in [0.05, 0.1) is 6.04 Å². The fourth-order valence-corrected chi connectivity index (χ4v) is 2.92. The van der Waals surface area contributed by atoms with Crippen LogP contribution in [0.4, 0.5) is 0 Å². The monoisotopic (exact) mass is 409 g/mol. The van der Waals surface area contributed by atoms with Gasteiger partial charge in [0.2, 0.25) is 11.8 Å². The number of carbonyl (C=O) groups excluding carboxylic acids is 2. The number of aliphatic carboxylic acids is 2. The second kappa shape index (κ2) is 13.7. The number of carbonyl (C=O) groups is 4. The predicted molar refractivity (Wildman–Crippen MR) is 102 cm³/mol. The molecule has 0 aliphatic carbocycles. The Morgan fingerprint density at radius 2 is 1.42 bits per heavy atom. The van der Waals surface area contributed by atoms with Crippen molar-refractivity contribution in [1.29, 1.82) is 0 Å². The van der Waals surface area contributed by atoms with Gasteiger partial charge in [-0.15, -0.1) is 0 Å². The van der Waals surface area contributed by atoms with Gasteiger partial charge < -0.3 is 26.6 Å². The minimum Gasteiger partial charge on any atom is -0.481 e. The van der Waals surface area contributed by atoms with Crippen molar-refractivity contribution in [3.63, 3.8) is 0 Å². The van der Waals surface area contributed by atoms with Crippen LogP contribution in [0.15, 0.2) is 0 Å². The molecule has 26 heavy (non-hydrogen) atoms. The van der Waals surface area contributed by atoms with Crippen LogP contribution in [0, 0.1) is 0 Å². The third-order valence-corrected chi connectivity index (χ3v) is 4.76. The van der Waals surface area contributed by atoms with Crippen molar-refractivity contribution >= 4 is 47.3 Å². The SMILES string of the molecule is CSCC[C@H](NC(=O)[C@H](CCC(=O)O)NC(=O)[C@@H](N)CCSC)C(=O)O. The Labute approximate surface area is 161 Å². The number of rotatable bonds is 14. The molecule has 0 saturated carbocycles. The largest absolute Gasteiger partial charge is 0.481 e. The highest BCUT2D eigenvalue weighted by Crippen LogP contribution is 2.05. The van der Waals surface area contributed by atoms with Crippen molar-refractivity contribution in [2.24, 2.45) is 5.73 Å². The van der Waals surface area contributed by atoms with E-state index in [4.69, 9.17) is 10.8 Å². The Bertz CT molecular complexity index is 492. The Morgan fingerprint density at radius 1 is 0.885 bits per heavy atom. The minimum absolute atomic E-state index is 0.156. The van der Waals surface area contributed by atoms with E-state index in [9.17, 15) is 24.3 Å². The van der Waals surface area contributed by atoms with Crippen LogP contribution in [0.3, 0.4) is 0 Å². The fraction of sp³-hybridized carbons (Fsp3) is 0.733. The molecule has 0 unspecified atom stereocenters. The third kappa shape index (κ3) is 10.5. The molecule has 9 nitrogen and oxygen atoms in total. The van der Waals surface area contributed by atoms with Gasteiger partial charge in [-0.1, -0.05) is 0 Å². The summed E-state index contributed by atoms with van der Waals surface area (Å²) >= 11 is 2.96. The number of carboxylic acid groups (broad SMARTS) is 2. The van der Waals surface area contributed by atoms with Gasteiger partial charge in [0.25, 0.3) is 0 Å². The van der Waals surface area contributed by atoms with E-state index < -0.39 is 41.9 Å². The summed E-state index contributed by atoms with van der Waals surface area (Å²) in [5.41, 5.74) is 5.75. The molecule has 0 rings (SSSR count). The van der Waals surface area contributed by atoms with E-state index in [0.29, 0.717) is 17.9 Å². The smallest absolute Gasteiger partial charge is 0.326 e. The lowest BCUT2D eigenvalue weighted by atomic mass is 10.1. The summed E-state index contributed by atoms with van der Waals surface area (Å²) in [6.45, 7) is 0. The van der Waals surface area contributed by atoms with Crippen LogP contribution >= 0.6 is 23.5 Å². The number of carboxylic acids is 2. The molecule has 0 spiro atoms. The van der Waals surface area contributed by atoms with Gasteiger partial charge >= 0.3 is 11.9 Å². The average molecular weight is 410 g/mol. The maximum Gasteiger partial charge on any atom is 0.326 e. The third-order valence-electron chi connectivity index (χ3n) is 3.47. The summed E-state index contributed by atoms with van der Waals surface area (Å²) in [6, 6.07) is -3.09. The fourth-order valence-electron chi connectivity index (χ4n) is 1.96. The molecule has 0 saturated heterocycles. The van der Waals surface area contributed by atoms with Crippen LogP contribution in [-0.4, -0.2) is 76.1 Å². The van der Waals surface area contributed by atoms with Crippen molar-refractivity contribution in [3.05, 3.63) is 0 Å². The zero-order chi connectivity index (χ0) is 20.1. The number of nitrogens with two attached hydrogens (primary N) is 1. The summed E-state index contributed by atoms with van der Waals surface area (Å²) in [6.07, 6.45) is 3.81. The Hall–Kier alpha value is -1.46. The summed E-state index contributed by atoms with van der Waals surface area (Å²) in [5, 5.41) is 22.8. The number of hydrogen-bond acceptors (Lipinski definition) is 7. The van der Waals surface area contributed by atoms with Crippen molar-refractivity contribution in [3.8, 4) is 0 Å². The lowest BCUT2D eigenvalue weighted by molar-refractivity contribution is -0.143. The maximum atomic E-state index is 12.4. The molecule has 11 heteroatoms. The average Bonchev–Trinajstić information content (AvgIpc) is 2.58. The topological polar surface area (TPSA) is 159 Å². The van der Waals surface area contributed by atoms with E-state index in [2.05, 4.69) is 10.6 Å². The van der Waals surface area contributed by atoms with Crippen LogP contribution < -0.4 is 16.4 Å². The predicted octanol–water partition coefficient (Wildman–Crippen LogP) is -0.261. The van der Waals surface area contributed by atoms with Crippen molar-refractivity contribution < 1.29 is 29.4 Å². The summed E-state index contributed by atoms with van der Waals surface area (Å²) in [4.78, 5) is 46.5. The molecular weight excluding hydrogens is 382 g/mol. The van der Waals surface area contributed by atoms with Crippen molar-refractivity contribution in [1.82, 2.24) is 10.6 Å². The maximum absolute atomic E-state index is 12.4. The lowest BCUT2D eigenvalue weighted by Crippen LogP contribution is -2.54. The molecule has 3 atom stereocenters. The molecule has 0 bridgehead atoms. The molecule has 0 aromatic heterocycles. The summed E-state index contributed by atoms with van der Waals surface area (Å²) in [5.74, 6) is -2.42. The minimum atomic E-state index is -1.19. The number of thioether (sulfide) groups is 2. The van der Waals surface area contributed by atoms with E-state index in [-0.39, 0.29) is 19.3 Å². The van der Waals surface area contributed by atoms with E-state index in [1.165, 1.54) is 23.5 Å². The highest BCUT2D eigenvalue weighted by atomic mass is 32.2. The summed E-state index contributed by atoms with van der Waals surface area (Å²) in [7, 11) is 0. The van der Waals surface area contributed by atoms with Gasteiger partial charge in [0.1, 0.15) is 12.1 Å². The molecule has 0 fully saturated rings. The first-order valence-electron chi connectivity index (χ1n) is 8.01. The van der Waals surface area contributed by atoms with Gasteiger partial charge in [0, 0.05) is 6.42 Å². The molecule has 2 amide bonds. The zero-order valence-corrected chi connectivity index (χ0v) is 16.5. The van der Waals surface area contributed by atoms with E-state index in [1.54, 1.807) is 0 Å². The first kappa shape index (κ1) is 24.5. The van der Waals surface area contributed by atoms with Gasteiger partial charge in [-0.2, -0.15) is 23.5 Å². The first-order valence-corrected chi connectivity index (χ1v) is 10.8. The van der Waals surface area contributed by atoms with E-state index >= 15 is 0 Å². The molecule has 0 radical (unpaired) electrons. The second-order valence-corrected chi connectivity index (χ2v) is 7.53. The Morgan fingerprint density at radius 3 is 1.92 bits per heavy atom. The van der Waals surface area contributed by atoms with Gasteiger partial charge in [-0.05, 0) is 43.3 Å². The standard InChI is InChI=1S/C15H27N3O6S2/c1-25-7-5-9(16)13(21)17-10(3-4-12(19)20)14(22)18-11(15(23)24)6-8-26-2/h9-11H,3-8,16H2,1-2H3,(H,17,21)(H,18,22)(H,19,20)(H,23,24)/t9-,10-,11-/m0/s1. The molecule has 0 aliphatic heterocycles. The normalized spacial score (nSPS) is 14.1. The Kier molecular flexibility index (Phi) is 12.9. The van der Waals surface area contributed by atoms with Crippen LogP contribution in [0.2, 0.25) is 0 Å². The number of hydrogen-bond donors (Lipinski definition) is 5. The Balaban J connectivity index is 4.97. The van der Waals surface area contributed by atoms with E-state index in [1.807, 2.05) is 12.5 Å². The second-order valence-electron chi connectivity index (χ2n) is 5.56.